The van der Waals surface area contributed by atoms with Crippen LogP contribution >= 0.6 is 0 Å². The molecule has 0 bridgehead atoms. The first-order valence-corrected chi connectivity index (χ1v) is 3.73. The number of carbonyl (C=O) groups is 2. The Morgan fingerprint density at radius 2 is 2.31 bits per heavy atom. The fraction of sp³-hybridized carbons (Fsp3) is 0.286. The van der Waals surface area contributed by atoms with Crippen molar-refractivity contribution in [2.75, 3.05) is 11.9 Å². The van der Waals surface area contributed by atoms with Gasteiger partial charge in [0.2, 0.25) is 5.78 Å². The number of aromatic amines is 1. The molecule has 1 aliphatic heterocycles. The first kappa shape index (κ1) is 7.93. The van der Waals surface area contributed by atoms with Crippen LogP contribution in [0.2, 0.25) is 0 Å². The minimum atomic E-state index is -1.10. The molecule has 1 aliphatic rings. The zero-order valence-corrected chi connectivity index (χ0v) is 6.94. The summed E-state index contributed by atoms with van der Waals surface area (Å²) in [6.07, 6.45) is 1.37. The van der Waals surface area contributed by atoms with Crippen molar-refractivity contribution in [2.24, 2.45) is 5.73 Å². The van der Waals surface area contributed by atoms with Crippen LogP contribution in [-0.2, 0) is 4.79 Å². The van der Waals surface area contributed by atoms with Crippen molar-refractivity contribution in [2.45, 2.75) is 6.04 Å². The molecule has 0 aromatic carbocycles. The highest BCUT2D eigenvalue weighted by atomic mass is 16.2. The van der Waals surface area contributed by atoms with Crippen LogP contribution in [0, 0.1) is 0 Å². The number of hydrogen-bond acceptors (Lipinski definition) is 4. The highest BCUT2D eigenvalue weighted by Gasteiger charge is 2.36. The van der Waals surface area contributed by atoms with E-state index in [0.29, 0.717) is 11.5 Å². The number of nitrogens with zero attached hydrogens (tertiary/aromatic N) is 2. The highest BCUT2D eigenvalue weighted by Crippen LogP contribution is 2.21. The number of nitrogens with one attached hydrogen (secondary N) is 1. The lowest BCUT2D eigenvalue weighted by molar-refractivity contribution is -0.118. The summed E-state index contributed by atoms with van der Waals surface area (Å²) in [5.41, 5.74) is 5.70. The minimum Gasteiger partial charge on any atom is -0.340 e. The van der Waals surface area contributed by atoms with Crippen molar-refractivity contribution in [3.63, 3.8) is 0 Å². The van der Waals surface area contributed by atoms with Gasteiger partial charge in [-0.3, -0.25) is 14.5 Å². The van der Waals surface area contributed by atoms with E-state index in [1.54, 1.807) is 0 Å². The standard InChI is InChI=1S/C7H8N4O2/c1-11-6-4(9-2-10-6)5(12)3(8)7(11)13/h2-3H,8H2,1H3,(H,9,10). The molecule has 2 heterocycles. The molecule has 0 aliphatic carbocycles. The van der Waals surface area contributed by atoms with Crippen LogP contribution in [0.1, 0.15) is 10.5 Å². The number of ketones is 1. The summed E-state index contributed by atoms with van der Waals surface area (Å²) < 4.78 is 0. The predicted molar refractivity (Wildman–Crippen MR) is 44.3 cm³/mol. The quantitative estimate of drug-likeness (QED) is 0.495. The smallest absolute Gasteiger partial charge is 0.253 e. The van der Waals surface area contributed by atoms with E-state index in [0.717, 1.165) is 0 Å². The third kappa shape index (κ3) is 0.888. The van der Waals surface area contributed by atoms with Gasteiger partial charge in [0.25, 0.3) is 5.91 Å². The van der Waals surface area contributed by atoms with Crippen molar-refractivity contribution < 1.29 is 9.59 Å². The molecule has 0 fully saturated rings. The molecule has 2 rings (SSSR count). The van der Waals surface area contributed by atoms with Crippen molar-refractivity contribution >= 4 is 17.5 Å². The number of Topliss-reactive ketones (excluding diaryl/α,β-unsaturated/α-hetero) is 1. The zero-order valence-electron chi connectivity index (χ0n) is 6.94. The van der Waals surface area contributed by atoms with Gasteiger partial charge in [0, 0.05) is 7.05 Å². The maximum atomic E-state index is 11.4. The number of fused-ring (bicyclic) bond motifs is 1. The maximum absolute atomic E-state index is 11.4. The largest absolute Gasteiger partial charge is 0.340 e. The molecule has 1 unspecified atom stereocenters. The molecular formula is C7H8N4O2. The van der Waals surface area contributed by atoms with Crippen molar-refractivity contribution in [1.29, 1.82) is 0 Å². The molecule has 6 nitrogen and oxygen atoms in total. The lowest BCUT2D eigenvalue weighted by atomic mass is 10.1. The van der Waals surface area contributed by atoms with Crippen LogP contribution in [0.4, 0.5) is 5.82 Å². The van der Waals surface area contributed by atoms with Gasteiger partial charge in [-0.25, -0.2) is 4.98 Å². The number of aromatic nitrogens is 2. The van der Waals surface area contributed by atoms with Gasteiger partial charge in [0.05, 0.1) is 6.33 Å². The number of rotatable bonds is 0. The average Bonchev–Trinajstić information content (AvgIpc) is 2.59. The van der Waals surface area contributed by atoms with E-state index in [1.807, 2.05) is 0 Å². The van der Waals surface area contributed by atoms with Gasteiger partial charge in [-0.15, -0.1) is 0 Å². The number of hydrogen-bond donors (Lipinski definition) is 2. The van der Waals surface area contributed by atoms with E-state index in [1.165, 1.54) is 18.3 Å². The topological polar surface area (TPSA) is 92.1 Å². The van der Waals surface area contributed by atoms with Crippen LogP contribution in [0.15, 0.2) is 6.33 Å². The first-order valence-electron chi connectivity index (χ1n) is 3.73. The van der Waals surface area contributed by atoms with Gasteiger partial charge in [-0.2, -0.15) is 0 Å². The monoisotopic (exact) mass is 180 g/mol. The van der Waals surface area contributed by atoms with Gasteiger partial charge in [-0.1, -0.05) is 0 Å². The molecule has 0 saturated heterocycles. The Hall–Kier alpha value is -1.69. The molecule has 0 spiro atoms. The Morgan fingerprint density at radius 3 is 3.00 bits per heavy atom. The molecule has 13 heavy (non-hydrogen) atoms. The van der Waals surface area contributed by atoms with E-state index in [4.69, 9.17) is 5.73 Å². The molecule has 3 N–H and O–H groups in total. The molecule has 1 aromatic heterocycles. The number of imidazole rings is 1. The molecule has 68 valence electrons. The molecule has 0 saturated carbocycles. The summed E-state index contributed by atoms with van der Waals surface area (Å²) in [7, 11) is 1.54. The van der Waals surface area contributed by atoms with Gasteiger partial charge in [0.15, 0.2) is 11.9 Å². The first-order chi connectivity index (χ1) is 6.13. The minimum absolute atomic E-state index is 0.301. The number of nitrogens with two attached hydrogens (primary N) is 1. The van der Waals surface area contributed by atoms with E-state index in [9.17, 15) is 9.59 Å². The zero-order chi connectivity index (χ0) is 9.59. The third-order valence-corrected chi connectivity index (χ3v) is 2.06. The van der Waals surface area contributed by atoms with Crippen molar-refractivity contribution in [1.82, 2.24) is 9.97 Å². The Bertz CT molecular complexity index is 384. The van der Waals surface area contributed by atoms with E-state index < -0.39 is 17.7 Å². The summed E-state index contributed by atoms with van der Waals surface area (Å²) >= 11 is 0. The van der Waals surface area contributed by atoms with Crippen LogP contribution in [0.3, 0.4) is 0 Å². The summed E-state index contributed by atoms with van der Waals surface area (Å²) in [5, 5.41) is 0. The van der Waals surface area contributed by atoms with Gasteiger partial charge in [0.1, 0.15) is 5.69 Å². The predicted octanol–water partition coefficient (Wildman–Crippen LogP) is -1.10. The Kier molecular flexibility index (Phi) is 1.46. The SMILES string of the molecule is CN1C(=O)C(N)C(=O)c2[nH]cnc21. The van der Waals surface area contributed by atoms with Gasteiger partial charge in [-0.05, 0) is 0 Å². The second-order valence-electron chi connectivity index (χ2n) is 2.84. The van der Waals surface area contributed by atoms with Gasteiger partial charge >= 0.3 is 0 Å². The Labute approximate surface area is 73.7 Å². The molecule has 1 amide bonds. The highest BCUT2D eigenvalue weighted by molar-refractivity contribution is 6.22. The van der Waals surface area contributed by atoms with Crippen molar-refractivity contribution in [3.05, 3.63) is 12.0 Å². The summed E-state index contributed by atoms with van der Waals surface area (Å²) in [6, 6.07) is -1.10. The Morgan fingerprint density at radius 1 is 1.62 bits per heavy atom. The van der Waals surface area contributed by atoms with Crippen LogP contribution < -0.4 is 10.6 Å². The van der Waals surface area contributed by atoms with Gasteiger partial charge < -0.3 is 10.7 Å². The fourth-order valence-corrected chi connectivity index (χ4v) is 1.30. The summed E-state index contributed by atoms with van der Waals surface area (Å²) in [5.74, 6) is -0.489. The number of carbonyl (C=O) groups excluding carboxylic acids is 2. The number of amides is 1. The van der Waals surface area contributed by atoms with E-state index in [2.05, 4.69) is 9.97 Å². The van der Waals surface area contributed by atoms with E-state index >= 15 is 0 Å². The molecular weight excluding hydrogens is 172 g/mol. The van der Waals surface area contributed by atoms with Crippen LogP contribution in [-0.4, -0.2) is 34.7 Å². The number of likely N-dealkylation sites (N-methyl/N-ethyl adjacent to an activating group) is 1. The molecule has 0 radical (unpaired) electrons. The van der Waals surface area contributed by atoms with Crippen LogP contribution in [0.5, 0.6) is 0 Å². The fourth-order valence-electron chi connectivity index (χ4n) is 1.30. The molecule has 6 heteroatoms. The maximum Gasteiger partial charge on any atom is 0.253 e. The number of anilines is 1. The Balaban J connectivity index is 2.59. The second kappa shape index (κ2) is 2.40. The molecule has 1 aromatic rings. The molecule has 1 atom stereocenters. The number of H-pyrrole nitrogens is 1. The lowest BCUT2D eigenvalue weighted by Crippen LogP contribution is -2.51. The third-order valence-electron chi connectivity index (χ3n) is 2.06. The average molecular weight is 180 g/mol. The second-order valence-corrected chi connectivity index (χ2v) is 2.84. The van der Waals surface area contributed by atoms with Crippen LogP contribution in [0.25, 0.3) is 0 Å². The van der Waals surface area contributed by atoms with E-state index in [-0.39, 0.29) is 0 Å². The normalized spacial score (nSPS) is 22.0. The summed E-state index contributed by atoms with van der Waals surface area (Å²) in [6.45, 7) is 0. The lowest BCUT2D eigenvalue weighted by Gasteiger charge is -2.24. The summed E-state index contributed by atoms with van der Waals surface area (Å²) in [4.78, 5) is 30.5. The van der Waals surface area contributed by atoms with Crippen molar-refractivity contribution in [3.8, 4) is 0 Å².